The number of likely N-dealkylation sites (tertiary alicyclic amines) is 1. The predicted molar refractivity (Wildman–Crippen MR) is 139 cm³/mol. The van der Waals surface area contributed by atoms with Crippen molar-refractivity contribution in [1.82, 2.24) is 15.1 Å². The summed E-state index contributed by atoms with van der Waals surface area (Å²) in [7, 11) is 0. The van der Waals surface area contributed by atoms with Gasteiger partial charge in [-0.1, -0.05) is 26.0 Å². The lowest BCUT2D eigenvalue weighted by molar-refractivity contribution is -0.118. The molecule has 4 amide bonds. The molecule has 2 aromatic carbocycles. The summed E-state index contributed by atoms with van der Waals surface area (Å²) in [6.07, 6.45) is 1.65. The molecule has 1 atom stereocenters. The van der Waals surface area contributed by atoms with E-state index in [1.54, 1.807) is 0 Å². The van der Waals surface area contributed by atoms with E-state index in [1.165, 1.54) is 5.56 Å². The van der Waals surface area contributed by atoms with E-state index >= 15 is 0 Å². The van der Waals surface area contributed by atoms with Crippen LogP contribution in [0.15, 0.2) is 36.4 Å². The van der Waals surface area contributed by atoms with Crippen LogP contribution >= 0.6 is 0 Å². The van der Waals surface area contributed by atoms with Gasteiger partial charge in [0.25, 0.3) is 0 Å². The summed E-state index contributed by atoms with van der Waals surface area (Å²) in [5.41, 5.74) is 1.95. The number of benzene rings is 2. The van der Waals surface area contributed by atoms with Crippen molar-refractivity contribution in [3.05, 3.63) is 65.0 Å². The van der Waals surface area contributed by atoms with E-state index in [0.29, 0.717) is 18.9 Å². The summed E-state index contributed by atoms with van der Waals surface area (Å²) in [4.78, 5) is 39.9. The van der Waals surface area contributed by atoms with Gasteiger partial charge in [0.1, 0.15) is 12.6 Å². The topological polar surface area (TPSA) is 91.0 Å². The van der Waals surface area contributed by atoms with Crippen LogP contribution in [0.2, 0.25) is 0 Å². The molecule has 2 aliphatic rings. The molecule has 0 radical (unpaired) electrons. The molecule has 2 saturated heterocycles. The molecule has 2 heterocycles. The minimum absolute atomic E-state index is 0.00976. The summed E-state index contributed by atoms with van der Waals surface area (Å²) < 4.78 is 45.6. The van der Waals surface area contributed by atoms with E-state index in [9.17, 15) is 27.6 Å². The molecule has 2 aromatic rings. The minimum Gasteiger partial charge on any atom is -0.446 e. The summed E-state index contributed by atoms with van der Waals surface area (Å²) in [5, 5.41) is 5.61. The summed E-state index contributed by atoms with van der Waals surface area (Å²) >= 11 is 0. The Morgan fingerprint density at radius 1 is 1.05 bits per heavy atom. The second kappa shape index (κ2) is 12.5. The first-order chi connectivity index (χ1) is 18.6. The van der Waals surface area contributed by atoms with Gasteiger partial charge in [0.05, 0.1) is 0 Å². The van der Waals surface area contributed by atoms with Crippen LogP contribution in [0.1, 0.15) is 56.2 Å². The van der Waals surface area contributed by atoms with Crippen LogP contribution in [0, 0.1) is 23.4 Å². The Morgan fingerprint density at radius 3 is 2.41 bits per heavy atom. The Balaban J connectivity index is 1.22. The van der Waals surface area contributed by atoms with E-state index in [4.69, 9.17) is 4.74 Å². The number of urea groups is 1. The van der Waals surface area contributed by atoms with Gasteiger partial charge in [-0.25, -0.2) is 27.7 Å². The van der Waals surface area contributed by atoms with Gasteiger partial charge in [-0.05, 0) is 80.2 Å². The Labute approximate surface area is 225 Å². The van der Waals surface area contributed by atoms with Crippen molar-refractivity contribution in [3.8, 4) is 0 Å². The number of imide groups is 1. The summed E-state index contributed by atoms with van der Waals surface area (Å²) in [5.74, 6) is -4.12. The van der Waals surface area contributed by atoms with Gasteiger partial charge in [-0.3, -0.25) is 4.79 Å². The van der Waals surface area contributed by atoms with Crippen LogP contribution in [0.3, 0.4) is 0 Å². The van der Waals surface area contributed by atoms with Crippen molar-refractivity contribution in [1.29, 1.82) is 0 Å². The molecule has 210 valence electrons. The maximum atomic E-state index is 13.7. The number of halogens is 3. The van der Waals surface area contributed by atoms with Gasteiger partial charge < -0.3 is 20.3 Å². The third kappa shape index (κ3) is 6.89. The van der Waals surface area contributed by atoms with Crippen molar-refractivity contribution in [2.24, 2.45) is 5.92 Å². The lowest BCUT2D eigenvalue weighted by Crippen LogP contribution is -2.43. The average molecular weight is 547 g/mol. The first-order valence-corrected chi connectivity index (χ1v) is 13.2. The number of rotatable bonds is 8. The molecular weight excluding hydrogens is 513 g/mol. The van der Waals surface area contributed by atoms with E-state index in [0.717, 1.165) is 55.2 Å². The first-order valence-electron chi connectivity index (χ1n) is 13.2. The highest BCUT2D eigenvalue weighted by Crippen LogP contribution is 2.31. The van der Waals surface area contributed by atoms with Gasteiger partial charge in [0.2, 0.25) is 5.91 Å². The number of anilines is 1. The van der Waals surface area contributed by atoms with Crippen LogP contribution < -0.4 is 10.6 Å². The molecule has 2 N–H and O–H groups in total. The number of hydrogen-bond acceptors (Lipinski definition) is 5. The average Bonchev–Trinajstić information content (AvgIpc) is 3.31. The maximum Gasteiger partial charge on any atom is 0.418 e. The second-order valence-corrected chi connectivity index (χ2v) is 10.2. The largest absolute Gasteiger partial charge is 0.446 e. The van der Waals surface area contributed by atoms with Crippen LogP contribution in [-0.4, -0.2) is 60.6 Å². The fraction of sp³-hybridized carbons (Fsp3) is 0.464. The molecule has 2 fully saturated rings. The zero-order valence-corrected chi connectivity index (χ0v) is 22.0. The van der Waals surface area contributed by atoms with Crippen LogP contribution in [0.25, 0.3) is 0 Å². The summed E-state index contributed by atoms with van der Waals surface area (Å²) in [6.45, 7) is 6.26. The molecular formula is C28H33F3N4O4. The van der Waals surface area contributed by atoms with Crippen molar-refractivity contribution in [2.45, 2.75) is 45.1 Å². The normalized spacial score (nSPS) is 18.4. The van der Waals surface area contributed by atoms with Gasteiger partial charge >= 0.3 is 12.1 Å². The number of carbonyl (C=O) groups excluding carboxylic acids is 3. The van der Waals surface area contributed by atoms with Gasteiger partial charge in [-0.2, -0.15) is 0 Å². The number of nitrogens with one attached hydrogen (secondary N) is 2. The Kier molecular flexibility index (Phi) is 9.11. The lowest BCUT2D eigenvalue weighted by Gasteiger charge is -2.32. The number of piperidine rings is 1. The van der Waals surface area contributed by atoms with E-state index in [1.807, 2.05) is 32.0 Å². The monoisotopic (exact) mass is 546 g/mol. The molecule has 0 bridgehead atoms. The zero-order valence-electron chi connectivity index (χ0n) is 22.0. The Hall–Kier alpha value is -3.60. The third-order valence-electron chi connectivity index (χ3n) is 7.15. The van der Waals surface area contributed by atoms with Crippen molar-refractivity contribution < 1.29 is 32.3 Å². The number of carbonyl (C=O) groups is 3. The molecule has 4 rings (SSSR count). The molecule has 0 aliphatic carbocycles. The number of ether oxygens (including phenoxy) is 1. The Bertz CT molecular complexity index is 1190. The van der Waals surface area contributed by atoms with E-state index in [2.05, 4.69) is 21.6 Å². The third-order valence-corrected chi connectivity index (χ3v) is 7.15. The first kappa shape index (κ1) is 28.4. The highest BCUT2D eigenvalue weighted by atomic mass is 19.2. The van der Waals surface area contributed by atoms with Gasteiger partial charge in [0, 0.05) is 18.2 Å². The van der Waals surface area contributed by atoms with Crippen molar-refractivity contribution in [3.63, 3.8) is 0 Å². The van der Waals surface area contributed by atoms with Crippen LogP contribution in [-0.2, 0) is 9.53 Å². The SMILES string of the molecule is CC(C)C(=O)Nc1cccc(C2CCN(CCCNC(=O)N3C(=O)OCC3c3cc(F)c(F)c(F)c3)CC2)c1. The van der Waals surface area contributed by atoms with Gasteiger partial charge in [-0.15, -0.1) is 0 Å². The number of nitrogens with zero attached hydrogens (tertiary/aromatic N) is 2. The molecule has 11 heteroatoms. The highest BCUT2D eigenvalue weighted by Gasteiger charge is 2.39. The fourth-order valence-corrected chi connectivity index (χ4v) is 4.89. The zero-order chi connectivity index (χ0) is 28.1. The van der Waals surface area contributed by atoms with Crippen molar-refractivity contribution >= 4 is 23.7 Å². The fourth-order valence-electron chi connectivity index (χ4n) is 4.89. The van der Waals surface area contributed by atoms with E-state index < -0.39 is 35.6 Å². The van der Waals surface area contributed by atoms with Crippen LogP contribution in [0.5, 0.6) is 0 Å². The minimum atomic E-state index is -1.62. The highest BCUT2D eigenvalue weighted by molar-refractivity contribution is 5.93. The lowest BCUT2D eigenvalue weighted by atomic mass is 9.89. The molecule has 0 saturated carbocycles. The van der Waals surface area contributed by atoms with Crippen molar-refractivity contribution in [2.75, 3.05) is 38.1 Å². The van der Waals surface area contributed by atoms with Crippen LogP contribution in [0.4, 0.5) is 28.4 Å². The number of amides is 4. The van der Waals surface area contributed by atoms with Gasteiger partial charge in [0.15, 0.2) is 17.5 Å². The molecule has 39 heavy (non-hydrogen) atoms. The second-order valence-electron chi connectivity index (χ2n) is 10.2. The molecule has 0 spiro atoms. The standard InChI is InChI=1S/C28H33F3N4O4/c1-17(2)26(36)33-21-6-3-5-19(13-21)18-7-11-34(12-8-18)10-4-9-32-27(37)35-24(16-39-28(35)38)20-14-22(29)25(31)23(30)15-20/h3,5-6,13-15,17-18,24H,4,7-12,16H2,1-2H3,(H,32,37)(H,33,36). The molecule has 8 nitrogen and oxygen atoms in total. The molecule has 0 aromatic heterocycles. The molecule has 2 aliphatic heterocycles. The smallest absolute Gasteiger partial charge is 0.418 e. The maximum absolute atomic E-state index is 13.7. The quantitative estimate of drug-likeness (QED) is 0.352. The number of cyclic esters (lactones) is 1. The summed E-state index contributed by atoms with van der Waals surface area (Å²) in [6, 6.07) is 7.71. The molecule has 1 unspecified atom stereocenters. The van der Waals surface area contributed by atoms with E-state index in [-0.39, 0.29) is 24.0 Å². The Morgan fingerprint density at radius 2 is 1.74 bits per heavy atom. The predicted octanol–water partition coefficient (Wildman–Crippen LogP) is 5.17. The number of hydrogen-bond donors (Lipinski definition) is 2.